The van der Waals surface area contributed by atoms with Gasteiger partial charge in [0.2, 0.25) is 0 Å². The maximum atomic E-state index is 11.4. The van der Waals surface area contributed by atoms with Crippen LogP contribution in [0.4, 0.5) is 8.39 Å². The molecule has 0 fully saturated rings. The Morgan fingerprint density at radius 1 is 1.57 bits per heavy atom. The molecule has 0 aromatic carbocycles. The van der Waals surface area contributed by atoms with Crippen LogP contribution in [0.2, 0.25) is 0 Å². The van der Waals surface area contributed by atoms with Crippen LogP contribution in [0, 0.1) is 0 Å². The summed E-state index contributed by atoms with van der Waals surface area (Å²) in [5.41, 5.74) is 0. The van der Waals surface area contributed by atoms with Crippen molar-refractivity contribution >= 4 is 36.0 Å². The Bertz CT molecular complexity index is 144. The third-order valence-corrected chi connectivity index (χ3v) is 0.962. The van der Waals surface area contributed by atoms with E-state index in [2.05, 4.69) is 28.8 Å². The molecular formula is CF2NPS2. The van der Waals surface area contributed by atoms with Crippen LogP contribution in [-0.2, 0) is 11.8 Å². The van der Waals surface area contributed by atoms with Crippen molar-refractivity contribution in [2.24, 2.45) is 4.76 Å². The zero-order valence-corrected chi connectivity index (χ0v) is 5.49. The second-order valence-electron chi connectivity index (χ2n) is 0.626. The predicted octanol–water partition coefficient (Wildman–Crippen LogP) is 2.25. The molecule has 0 amide bonds. The smallest absolute Gasteiger partial charge is 0.156 e. The van der Waals surface area contributed by atoms with Crippen LogP contribution in [-0.4, -0.2) is 5.16 Å². The van der Waals surface area contributed by atoms with Gasteiger partial charge in [-0.1, -0.05) is 0 Å². The molecule has 0 saturated heterocycles. The molecule has 0 rings (SSSR count). The van der Waals surface area contributed by atoms with Gasteiger partial charge in [-0.2, -0.15) is 8.39 Å². The molecule has 0 bridgehead atoms. The molecule has 0 aromatic rings. The van der Waals surface area contributed by atoms with E-state index in [-0.39, 0.29) is 0 Å². The van der Waals surface area contributed by atoms with Gasteiger partial charge in [0.05, 0.1) is 5.16 Å². The van der Waals surface area contributed by atoms with Gasteiger partial charge in [-0.3, -0.25) is 0 Å². The summed E-state index contributed by atoms with van der Waals surface area (Å²) in [6, 6.07) is 0. The molecule has 0 aliphatic heterocycles. The summed E-state index contributed by atoms with van der Waals surface area (Å²) in [5, 5.41) is 1.51. The van der Waals surface area contributed by atoms with Crippen LogP contribution < -0.4 is 0 Å². The van der Waals surface area contributed by atoms with E-state index in [1.54, 1.807) is 0 Å². The number of nitrogens with zero attached hydrogens (tertiary/aromatic N) is 1. The van der Waals surface area contributed by atoms with E-state index in [9.17, 15) is 8.39 Å². The summed E-state index contributed by atoms with van der Waals surface area (Å²) in [4.78, 5) is 0. The molecule has 0 aliphatic carbocycles. The summed E-state index contributed by atoms with van der Waals surface area (Å²) in [5.74, 6) is 0. The van der Waals surface area contributed by atoms with E-state index in [1.807, 2.05) is 0 Å². The summed E-state index contributed by atoms with van der Waals surface area (Å²) < 4.78 is 25.1. The van der Waals surface area contributed by atoms with Crippen molar-refractivity contribution in [3.05, 3.63) is 0 Å². The van der Waals surface area contributed by atoms with Gasteiger partial charge in [0.25, 0.3) is 0 Å². The molecule has 0 saturated carbocycles. The van der Waals surface area contributed by atoms with Crippen molar-refractivity contribution in [1.29, 1.82) is 0 Å². The van der Waals surface area contributed by atoms with Crippen molar-refractivity contribution in [1.82, 2.24) is 0 Å². The molecule has 0 spiro atoms. The Morgan fingerprint density at radius 2 is 2.00 bits per heavy atom. The number of isothiocyanates is 1. The first-order valence-electron chi connectivity index (χ1n) is 1.15. The average molecular weight is 159 g/mol. The predicted molar refractivity (Wildman–Crippen MR) is 31.5 cm³/mol. The lowest BCUT2D eigenvalue weighted by molar-refractivity contribution is 0.743. The molecule has 0 heterocycles. The molecule has 6 heteroatoms. The van der Waals surface area contributed by atoms with Crippen molar-refractivity contribution in [3.63, 3.8) is 0 Å². The highest BCUT2D eigenvalue weighted by Crippen LogP contribution is 2.50. The van der Waals surface area contributed by atoms with Gasteiger partial charge in [0, 0.05) is 0 Å². The molecule has 0 aromatic heterocycles. The Kier molecular flexibility index (Phi) is 2.69. The zero-order chi connectivity index (χ0) is 5.91. The summed E-state index contributed by atoms with van der Waals surface area (Å²) >= 11 is 7.43. The first-order valence-corrected chi connectivity index (χ1v) is 4.09. The largest absolute Gasteiger partial charge is 0.393 e. The van der Waals surface area contributed by atoms with Crippen molar-refractivity contribution in [2.45, 2.75) is 0 Å². The van der Waals surface area contributed by atoms with Crippen molar-refractivity contribution < 1.29 is 8.39 Å². The minimum atomic E-state index is -4.42. The van der Waals surface area contributed by atoms with Gasteiger partial charge in [-0.05, 0) is 24.0 Å². The van der Waals surface area contributed by atoms with Gasteiger partial charge >= 0.3 is 6.81 Å². The van der Waals surface area contributed by atoms with Crippen LogP contribution in [0.3, 0.4) is 0 Å². The molecule has 0 N–H and O–H groups in total. The van der Waals surface area contributed by atoms with Crippen LogP contribution in [0.5, 0.6) is 0 Å². The van der Waals surface area contributed by atoms with Gasteiger partial charge in [-0.15, -0.1) is 4.76 Å². The fourth-order valence-corrected chi connectivity index (χ4v) is 0.728. The third kappa shape index (κ3) is 6.31. The van der Waals surface area contributed by atoms with Gasteiger partial charge in [0.1, 0.15) is 0 Å². The lowest BCUT2D eigenvalue weighted by Crippen LogP contribution is -1.45. The van der Waals surface area contributed by atoms with Gasteiger partial charge in [-0.25, -0.2) is 0 Å². The molecule has 7 heavy (non-hydrogen) atoms. The molecular weight excluding hydrogens is 159 g/mol. The minimum Gasteiger partial charge on any atom is -0.156 e. The molecule has 0 radical (unpaired) electrons. The molecule has 1 nitrogen and oxygen atoms in total. The molecule has 0 atom stereocenters. The first kappa shape index (κ1) is 7.31. The number of thiocarbonyl (C=S) groups is 1. The van der Waals surface area contributed by atoms with Crippen LogP contribution in [0.25, 0.3) is 0 Å². The molecule has 0 unspecified atom stereocenters. The van der Waals surface area contributed by atoms with Gasteiger partial charge < -0.3 is 0 Å². The maximum absolute atomic E-state index is 11.4. The quantitative estimate of drug-likeness (QED) is 0.330. The Hall–Kier alpha value is 0.310. The number of halogens is 2. The number of rotatable bonds is 1. The topological polar surface area (TPSA) is 12.4 Å². The number of hydrogen-bond donors (Lipinski definition) is 0. The monoisotopic (exact) mass is 159 g/mol. The van der Waals surface area contributed by atoms with E-state index < -0.39 is 6.81 Å². The fourth-order valence-electron chi connectivity index (χ4n) is 0.0475. The Balaban J connectivity index is 4.10. The van der Waals surface area contributed by atoms with E-state index in [0.717, 1.165) is 0 Å². The lowest BCUT2D eigenvalue weighted by atomic mass is 11.8. The average Bonchev–Trinajstić information content (AvgIpc) is 1.30. The lowest BCUT2D eigenvalue weighted by Gasteiger charge is -1.82. The second-order valence-corrected chi connectivity index (χ2v) is 3.20. The zero-order valence-electron chi connectivity index (χ0n) is 2.97. The number of hydrogen-bond acceptors (Lipinski definition) is 2. The van der Waals surface area contributed by atoms with Gasteiger partial charge in [0.15, 0.2) is 0 Å². The first-order chi connectivity index (χ1) is 3.06. The van der Waals surface area contributed by atoms with E-state index in [1.165, 1.54) is 5.16 Å². The SMILES string of the molecule is FP(F)(=S)N=C=S. The van der Waals surface area contributed by atoms with Crippen LogP contribution >= 0.6 is 19.0 Å². The van der Waals surface area contributed by atoms with Crippen LogP contribution in [0.15, 0.2) is 4.76 Å². The highest BCUT2D eigenvalue weighted by Gasteiger charge is 2.06. The minimum absolute atomic E-state index is 1.51. The van der Waals surface area contributed by atoms with E-state index in [0.29, 0.717) is 0 Å². The van der Waals surface area contributed by atoms with E-state index in [4.69, 9.17) is 0 Å². The normalized spacial score (nSPS) is 10.0. The van der Waals surface area contributed by atoms with E-state index >= 15 is 0 Å². The Morgan fingerprint density at radius 3 is 2.00 bits per heavy atom. The summed E-state index contributed by atoms with van der Waals surface area (Å²) in [6.45, 7) is -4.42. The van der Waals surface area contributed by atoms with Crippen molar-refractivity contribution in [2.75, 3.05) is 0 Å². The molecule has 40 valence electrons. The Labute approximate surface area is 49.7 Å². The van der Waals surface area contributed by atoms with Crippen LogP contribution in [0.1, 0.15) is 0 Å². The second kappa shape index (κ2) is 2.58. The maximum Gasteiger partial charge on any atom is 0.393 e. The standard InChI is InChI=1S/CF2NPS2/c2-5(3,7)4-1-6. The fraction of sp³-hybridized carbons (Fsp3) is 0. The van der Waals surface area contributed by atoms with Crippen molar-refractivity contribution in [3.8, 4) is 0 Å². The highest BCUT2D eigenvalue weighted by molar-refractivity contribution is 8.09. The third-order valence-electron chi connectivity index (χ3n) is 0.157. The molecule has 0 aliphatic rings. The summed E-state index contributed by atoms with van der Waals surface area (Å²) in [7, 11) is 0. The highest BCUT2D eigenvalue weighted by atomic mass is 32.5. The summed E-state index contributed by atoms with van der Waals surface area (Å²) in [6.07, 6.45) is 0.